The van der Waals surface area contributed by atoms with Crippen LogP contribution in [0.3, 0.4) is 0 Å². The molecule has 1 aliphatic rings. The van der Waals surface area contributed by atoms with Crippen molar-refractivity contribution in [2.24, 2.45) is 5.73 Å². The molecule has 154 valence electrons. The molecule has 1 aromatic carbocycles. The Labute approximate surface area is 176 Å². The molecule has 2 heterocycles. The molecule has 0 unspecified atom stereocenters. The first-order chi connectivity index (χ1) is 14.6. The predicted octanol–water partition coefficient (Wildman–Crippen LogP) is 2.50. The number of carbonyl (C=O) groups excluding carboxylic acids is 1. The highest BCUT2D eigenvalue weighted by Gasteiger charge is 2.26. The smallest absolute Gasteiger partial charge is 0.244 e. The fourth-order valence-electron chi connectivity index (χ4n) is 3.68. The molecule has 2 aromatic rings. The third-order valence-electron chi connectivity index (χ3n) is 5.17. The number of nitrogens with zero attached hydrogens (tertiary/aromatic N) is 4. The molecule has 4 N–H and O–H groups in total. The van der Waals surface area contributed by atoms with Crippen LogP contribution in [0.25, 0.3) is 4.85 Å². The van der Waals surface area contributed by atoms with Gasteiger partial charge in [0.15, 0.2) is 0 Å². The van der Waals surface area contributed by atoms with Gasteiger partial charge in [0.1, 0.15) is 23.7 Å². The number of anilines is 2. The second kappa shape index (κ2) is 9.73. The van der Waals surface area contributed by atoms with E-state index in [-0.39, 0.29) is 11.4 Å². The van der Waals surface area contributed by atoms with Crippen molar-refractivity contribution >= 4 is 23.2 Å². The number of pyridine rings is 1. The highest BCUT2D eigenvalue weighted by Crippen LogP contribution is 2.38. The molecule has 0 spiro atoms. The summed E-state index contributed by atoms with van der Waals surface area (Å²) in [5, 5.41) is 16.3. The van der Waals surface area contributed by atoms with Gasteiger partial charge >= 0.3 is 0 Å². The van der Waals surface area contributed by atoms with Crippen LogP contribution in [0.5, 0.6) is 0 Å². The Morgan fingerprint density at radius 3 is 2.80 bits per heavy atom. The lowest BCUT2D eigenvalue weighted by Gasteiger charge is -2.26. The summed E-state index contributed by atoms with van der Waals surface area (Å²) < 4.78 is 0. The molecule has 1 saturated heterocycles. The number of carbonyl (C=O) groups is 1. The minimum absolute atomic E-state index is 0.279. The number of amides is 1. The van der Waals surface area contributed by atoms with E-state index in [0.717, 1.165) is 26.1 Å². The van der Waals surface area contributed by atoms with Gasteiger partial charge in [0.25, 0.3) is 0 Å². The van der Waals surface area contributed by atoms with Crippen molar-refractivity contribution in [3.63, 3.8) is 0 Å². The molecule has 8 heteroatoms. The number of nitrogens with two attached hydrogens (primary N) is 1. The van der Waals surface area contributed by atoms with E-state index >= 15 is 0 Å². The summed E-state index contributed by atoms with van der Waals surface area (Å²) in [6, 6.07) is 10.4. The molecule has 0 radical (unpaired) electrons. The van der Waals surface area contributed by atoms with E-state index in [4.69, 9.17) is 12.3 Å². The Kier molecular flexibility index (Phi) is 6.84. The Morgan fingerprint density at radius 2 is 2.17 bits per heavy atom. The van der Waals surface area contributed by atoms with Crippen LogP contribution in [0, 0.1) is 17.9 Å². The van der Waals surface area contributed by atoms with E-state index in [0.29, 0.717) is 35.6 Å². The van der Waals surface area contributed by atoms with Crippen LogP contribution in [0.4, 0.5) is 17.3 Å². The number of hydrogen-bond donors (Lipinski definition) is 3. The van der Waals surface area contributed by atoms with Crippen molar-refractivity contribution in [2.75, 3.05) is 36.4 Å². The second-order valence-electron chi connectivity index (χ2n) is 7.04. The first-order valence-corrected chi connectivity index (χ1v) is 10.0. The third kappa shape index (κ3) is 4.35. The van der Waals surface area contributed by atoms with Gasteiger partial charge in [0.2, 0.25) is 11.6 Å². The Balaban J connectivity index is 2.13. The van der Waals surface area contributed by atoms with Crippen LogP contribution in [0.1, 0.15) is 36.1 Å². The zero-order chi connectivity index (χ0) is 21.5. The van der Waals surface area contributed by atoms with Gasteiger partial charge in [-0.2, -0.15) is 5.26 Å². The van der Waals surface area contributed by atoms with Gasteiger partial charge in [-0.15, -0.1) is 0 Å². The largest absolute Gasteiger partial charge is 0.368 e. The number of aromatic nitrogens is 1. The second-order valence-corrected chi connectivity index (χ2v) is 7.04. The van der Waals surface area contributed by atoms with Gasteiger partial charge in [-0.25, -0.2) is 9.83 Å². The number of nitriles is 1. The summed E-state index contributed by atoms with van der Waals surface area (Å²) in [6.45, 7) is 12.8. The average molecular weight is 403 g/mol. The Hall–Kier alpha value is -3.62. The average Bonchev–Trinajstić information content (AvgIpc) is 3.06. The predicted molar refractivity (Wildman–Crippen MR) is 116 cm³/mol. The molecule has 1 atom stereocenters. The number of primary amides is 1. The molecule has 1 aliphatic heterocycles. The van der Waals surface area contributed by atoms with Crippen molar-refractivity contribution in [2.45, 2.75) is 25.8 Å². The summed E-state index contributed by atoms with van der Waals surface area (Å²) >= 11 is 0. The summed E-state index contributed by atoms with van der Waals surface area (Å²) in [5.74, 6) is 0.254. The van der Waals surface area contributed by atoms with E-state index in [9.17, 15) is 10.1 Å². The normalized spacial score (nSPS) is 14.8. The van der Waals surface area contributed by atoms with Gasteiger partial charge in [-0.1, -0.05) is 37.3 Å². The fourth-order valence-corrected chi connectivity index (χ4v) is 3.68. The van der Waals surface area contributed by atoms with Crippen LogP contribution in [-0.2, 0) is 11.2 Å². The van der Waals surface area contributed by atoms with E-state index < -0.39 is 11.9 Å². The Morgan fingerprint density at radius 1 is 1.40 bits per heavy atom. The van der Waals surface area contributed by atoms with Crippen molar-refractivity contribution in [1.29, 1.82) is 5.26 Å². The number of hydrogen-bond acceptors (Lipinski definition) is 6. The molecular weight excluding hydrogens is 378 g/mol. The molecule has 3 rings (SSSR count). The van der Waals surface area contributed by atoms with Crippen molar-refractivity contribution < 1.29 is 4.79 Å². The lowest BCUT2D eigenvalue weighted by molar-refractivity contribution is -0.118. The number of nitrogens with one attached hydrogen (secondary N) is 2. The molecule has 8 nitrogen and oxygen atoms in total. The quantitative estimate of drug-likeness (QED) is 0.639. The lowest BCUT2D eigenvalue weighted by Crippen LogP contribution is -2.31. The molecule has 0 aliphatic carbocycles. The Bertz CT molecular complexity index is 983. The zero-order valence-electron chi connectivity index (χ0n) is 17.0. The van der Waals surface area contributed by atoms with Crippen molar-refractivity contribution in [3.8, 4) is 6.07 Å². The fraction of sp³-hybridized carbons (Fsp3) is 0.364. The molecule has 30 heavy (non-hydrogen) atoms. The third-order valence-corrected chi connectivity index (χ3v) is 5.17. The van der Waals surface area contributed by atoms with Crippen LogP contribution in [0.15, 0.2) is 30.3 Å². The maximum Gasteiger partial charge on any atom is 0.244 e. The lowest BCUT2D eigenvalue weighted by atomic mass is 10.0. The van der Waals surface area contributed by atoms with Crippen LogP contribution < -0.4 is 21.3 Å². The van der Waals surface area contributed by atoms with E-state index in [1.807, 2.05) is 25.1 Å². The van der Waals surface area contributed by atoms with Crippen LogP contribution in [0.2, 0.25) is 0 Å². The van der Waals surface area contributed by atoms with Gasteiger partial charge in [0, 0.05) is 19.6 Å². The first kappa shape index (κ1) is 21.1. The minimum atomic E-state index is -0.840. The summed E-state index contributed by atoms with van der Waals surface area (Å²) in [6.07, 6.45) is 1.43. The van der Waals surface area contributed by atoms with Crippen LogP contribution in [-0.4, -0.2) is 37.1 Å². The summed E-state index contributed by atoms with van der Waals surface area (Å²) in [4.78, 5) is 22.7. The molecule has 1 aromatic heterocycles. The highest BCUT2D eigenvalue weighted by molar-refractivity contribution is 5.86. The maximum atomic E-state index is 12.2. The van der Waals surface area contributed by atoms with E-state index in [2.05, 4.69) is 31.4 Å². The van der Waals surface area contributed by atoms with E-state index in [1.54, 1.807) is 12.1 Å². The zero-order valence-corrected chi connectivity index (χ0v) is 17.0. The first-order valence-electron chi connectivity index (χ1n) is 10.0. The van der Waals surface area contributed by atoms with Gasteiger partial charge < -0.3 is 21.3 Å². The van der Waals surface area contributed by atoms with Crippen molar-refractivity contribution in [3.05, 3.63) is 58.4 Å². The van der Waals surface area contributed by atoms with E-state index in [1.165, 1.54) is 0 Å². The number of benzene rings is 1. The van der Waals surface area contributed by atoms with Crippen molar-refractivity contribution in [1.82, 2.24) is 10.3 Å². The minimum Gasteiger partial charge on any atom is -0.368 e. The molecule has 1 amide bonds. The molecular formula is C22H25N7O. The van der Waals surface area contributed by atoms with Gasteiger partial charge in [-0.05, 0) is 30.5 Å². The van der Waals surface area contributed by atoms with Gasteiger partial charge in [-0.3, -0.25) is 4.79 Å². The highest BCUT2D eigenvalue weighted by atomic mass is 16.1. The standard InChI is InChI=1S/C22H25N7O/c1-3-16-17(14-23)21(27-18(20(24)30)15-8-5-4-6-9-15)28-22(19(16)25-2)29-12-7-10-26-11-13-29/h4-6,8-9,18,26H,3,7,10-13H2,1H3,(H2,24,30)(H,27,28)/t18-/m1/s1. The molecule has 1 fully saturated rings. The summed E-state index contributed by atoms with van der Waals surface area (Å²) in [5.41, 5.74) is 7.65. The monoisotopic (exact) mass is 403 g/mol. The molecule has 0 bridgehead atoms. The summed E-state index contributed by atoms with van der Waals surface area (Å²) in [7, 11) is 0. The number of rotatable bonds is 6. The van der Waals surface area contributed by atoms with Crippen LogP contribution >= 0.6 is 0 Å². The SMILES string of the molecule is [C-]#[N+]c1c(N2CCCNCC2)nc(N[C@@H](C(N)=O)c2ccccc2)c(C#N)c1CC. The topological polar surface area (TPSA) is 111 Å². The van der Waals surface area contributed by atoms with Gasteiger partial charge in [0.05, 0.1) is 12.1 Å². The molecule has 0 saturated carbocycles. The maximum absolute atomic E-state index is 12.2.